The van der Waals surface area contributed by atoms with Gasteiger partial charge in [-0.2, -0.15) is 11.8 Å². The summed E-state index contributed by atoms with van der Waals surface area (Å²) >= 11 is 1.95. The van der Waals surface area contributed by atoms with Crippen LogP contribution in [-0.4, -0.2) is 53.2 Å². The fourth-order valence-corrected chi connectivity index (χ4v) is 4.21. The number of hydrogen-bond acceptors (Lipinski definition) is 4. The van der Waals surface area contributed by atoms with Gasteiger partial charge in [-0.1, -0.05) is 0 Å². The van der Waals surface area contributed by atoms with Crippen molar-refractivity contribution in [2.45, 2.75) is 25.4 Å². The van der Waals surface area contributed by atoms with Crippen LogP contribution >= 0.6 is 11.8 Å². The van der Waals surface area contributed by atoms with Gasteiger partial charge >= 0.3 is 6.03 Å². The van der Waals surface area contributed by atoms with Gasteiger partial charge in [0.15, 0.2) is 5.82 Å². The Morgan fingerprint density at radius 2 is 2.43 bits per heavy atom. The summed E-state index contributed by atoms with van der Waals surface area (Å²) in [7, 11) is 0. The monoisotopic (exact) mass is 339 g/mol. The summed E-state index contributed by atoms with van der Waals surface area (Å²) in [6.07, 6.45) is 4.13. The van der Waals surface area contributed by atoms with Crippen LogP contribution in [0.1, 0.15) is 19.3 Å². The van der Waals surface area contributed by atoms with Crippen molar-refractivity contribution in [2.75, 3.05) is 31.1 Å². The first-order valence-electron chi connectivity index (χ1n) is 8.10. The molecule has 1 aromatic heterocycles. The molecule has 7 heteroatoms. The van der Waals surface area contributed by atoms with E-state index in [4.69, 9.17) is 4.74 Å². The van der Waals surface area contributed by atoms with Crippen LogP contribution in [0.15, 0.2) is 18.3 Å². The van der Waals surface area contributed by atoms with Crippen LogP contribution in [0.25, 0.3) is 0 Å². The van der Waals surface area contributed by atoms with Crippen molar-refractivity contribution in [3.8, 4) is 5.88 Å². The number of piperidine rings is 1. The smallest absolute Gasteiger partial charge is 0.317 e. The minimum absolute atomic E-state index is 0.0164. The van der Waals surface area contributed by atoms with E-state index in [1.54, 1.807) is 4.90 Å². The molecule has 126 valence electrons. The summed E-state index contributed by atoms with van der Waals surface area (Å²) in [6.45, 7) is 1.93. The van der Waals surface area contributed by atoms with Crippen molar-refractivity contribution >= 4 is 17.8 Å². The molecule has 0 unspecified atom stereocenters. The number of likely N-dealkylation sites (tertiary alicyclic amines) is 1. The molecular formula is C16H22FN3O2S. The minimum atomic E-state index is -0.465. The van der Waals surface area contributed by atoms with Gasteiger partial charge < -0.3 is 15.0 Å². The van der Waals surface area contributed by atoms with Gasteiger partial charge in [-0.25, -0.2) is 14.2 Å². The highest BCUT2D eigenvalue weighted by atomic mass is 32.2. The number of halogens is 1. The third-order valence-corrected chi connectivity index (χ3v) is 5.47. The van der Waals surface area contributed by atoms with Crippen molar-refractivity contribution < 1.29 is 13.9 Å². The Morgan fingerprint density at radius 3 is 3.22 bits per heavy atom. The third-order valence-electron chi connectivity index (χ3n) is 4.23. The fourth-order valence-electron chi connectivity index (χ4n) is 2.92. The average molecular weight is 339 g/mol. The summed E-state index contributed by atoms with van der Waals surface area (Å²) in [5.74, 6) is 2.46. The van der Waals surface area contributed by atoms with Crippen LogP contribution in [0.3, 0.4) is 0 Å². The lowest BCUT2D eigenvalue weighted by Gasteiger charge is -2.32. The van der Waals surface area contributed by atoms with E-state index in [2.05, 4.69) is 10.3 Å². The Balaban J connectivity index is 1.49. The number of carbonyl (C=O) groups excluding carboxylic acids is 1. The van der Waals surface area contributed by atoms with Crippen molar-refractivity contribution in [3.05, 3.63) is 24.1 Å². The fraction of sp³-hybridized carbons (Fsp3) is 0.625. The molecular weight excluding hydrogens is 317 g/mol. The Hall–Kier alpha value is -1.50. The first-order valence-corrected chi connectivity index (χ1v) is 9.25. The quantitative estimate of drug-likeness (QED) is 0.916. The molecule has 2 aliphatic heterocycles. The summed E-state index contributed by atoms with van der Waals surface area (Å²) in [5.41, 5.74) is 0. The Bertz CT molecular complexity index is 540. The number of amides is 2. The maximum absolute atomic E-state index is 13.6. The van der Waals surface area contributed by atoms with Gasteiger partial charge in [0.25, 0.3) is 5.88 Å². The van der Waals surface area contributed by atoms with Crippen LogP contribution in [0.4, 0.5) is 9.18 Å². The zero-order chi connectivity index (χ0) is 16.1. The molecule has 23 heavy (non-hydrogen) atoms. The standard InChI is InChI=1S/C16H22FN3O2S/c17-14-4-1-6-18-15(14)22-13-3-2-7-20(10-13)16(21)19-9-12-5-8-23-11-12/h1,4,6,12-13H,2-3,5,7-11H2,(H,19,21)/t12-,13+/m1/s1. The van der Waals surface area contributed by atoms with Crippen molar-refractivity contribution in [2.24, 2.45) is 5.92 Å². The zero-order valence-electron chi connectivity index (χ0n) is 13.0. The normalized spacial score (nSPS) is 24.5. The molecule has 1 aromatic rings. The van der Waals surface area contributed by atoms with E-state index in [0.717, 1.165) is 31.7 Å². The number of aromatic nitrogens is 1. The number of carbonyl (C=O) groups is 1. The molecule has 2 saturated heterocycles. The van der Waals surface area contributed by atoms with Gasteiger partial charge in [-0.3, -0.25) is 0 Å². The van der Waals surface area contributed by atoms with Crippen LogP contribution in [0, 0.1) is 11.7 Å². The van der Waals surface area contributed by atoms with E-state index >= 15 is 0 Å². The summed E-state index contributed by atoms with van der Waals surface area (Å²) < 4.78 is 19.2. The lowest BCUT2D eigenvalue weighted by Crippen LogP contribution is -2.49. The molecule has 1 N–H and O–H groups in total. The average Bonchev–Trinajstić information content (AvgIpc) is 3.08. The number of ether oxygens (including phenoxy) is 1. The second-order valence-electron chi connectivity index (χ2n) is 6.03. The van der Waals surface area contributed by atoms with E-state index in [1.165, 1.54) is 30.5 Å². The number of urea groups is 1. The Morgan fingerprint density at radius 1 is 1.52 bits per heavy atom. The molecule has 2 aliphatic rings. The lowest BCUT2D eigenvalue weighted by molar-refractivity contribution is 0.0940. The molecule has 2 atom stereocenters. The van der Waals surface area contributed by atoms with Gasteiger partial charge in [0, 0.05) is 19.3 Å². The molecule has 0 aromatic carbocycles. The van der Waals surface area contributed by atoms with Crippen LogP contribution in [0.5, 0.6) is 5.88 Å². The van der Waals surface area contributed by atoms with E-state index < -0.39 is 5.82 Å². The van der Waals surface area contributed by atoms with Crippen LogP contribution in [0.2, 0.25) is 0 Å². The summed E-state index contributed by atoms with van der Waals surface area (Å²) in [4.78, 5) is 18.0. The SMILES string of the molecule is O=C(NC[C@H]1CCSC1)N1CCC[C@H](Oc2ncccc2F)C1. The predicted molar refractivity (Wildman–Crippen MR) is 88.2 cm³/mol. The number of rotatable bonds is 4. The predicted octanol–water partition coefficient (Wildman–Crippen LogP) is 2.53. The maximum Gasteiger partial charge on any atom is 0.317 e. The number of hydrogen-bond donors (Lipinski definition) is 1. The van der Waals surface area contributed by atoms with E-state index in [0.29, 0.717) is 12.5 Å². The second-order valence-corrected chi connectivity index (χ2v) is 7.18. The van der Waals surface area contributed by atoms with E-state index in [-0.39, 0.29) is 18.0 Å². The highest BCUT2D eigenvalue weighted by molar-refractivity contribution is 7.99. The van der Waals surface area contributed by atoms with E-state index in [9.17, 15) is 9.18 Å². The lowest BCUT2D eigenvalue weighted by atomic mass is 10.1. The van der Waals surface area contributed by atoms with Crippen LogP contribution in [-0.2, 0) is 0 Å². The first-order chi connectivity index (χ1) is 11.2. The summed E-state index contributed by atoms with van der Waals surface area (Å²) in [5, 5.41) is 3.02. The highest BCUT2D eigenvalue weighted by Gasteiger charge is 2.26. The minimum Gasteiger partial charge on any atom is -0.470 e. The van der Waals surface area contributed by atoms with E-state index in [1.807, 2.05) is 11.8 Å². The Labute approximate surface area is 140 Å². The van der Waals surface area contributed by atoms with Gasteiger partial charge in [-0.15, -0.1) is 0 Å². The molecule has 3 rings (SSSR count). The van der Waals surface area contributed by atoms with Gasteiger partial charge in [0.05, 0.1) is 6.54 Å². The number of nitrogens with zero attached hydrogens (tertiary/aromatic N) is 2. The molecule has 2 amide bonds. The molecule has 0 spiro atoms. The molecule has 0 bridgehead atoms. The highest BCUT2D eigenvalue weighted by Crippen LogP contribution is 2.23. The van der Waals surface area contributed by atoms with Gasteiger partial charge in [-0.05, 0) is 48.8 Å². The molecule has 0 radical (unpaired) electrons. The zero-order valence-corrected chi connectivity index (χ0v) is 13.9. The Kier molecular flexibility index (Phi) is 5.59. The number of pyridine rings is 1. The molecule has 3 heterocycles. The summed E-state index contributed by atoms with van der Waals surface area (Å²) in [6, 6.07) is 2.82. The van der Waals surface area contributed by atoms with Crippen LogP contribution < -0.4 is 10.1 Å². The molecule has 5 nitrogen and oxygen atoms in total. The van der Waals surface area contributed by atoms with Crippen molar-refractivity contribution in [3.63, 3.8) is 0 Å². The molecule has 2 fully saturated rings. The topological polar surface area (TPSA) is 54.5 Å². The maximum atomic E-state index is 13.6. The third kappa shape index (κ3) is 4.50. The first kappa shape index (κ1) is 16.4. The van der Waals surface area contributed by atoms with Crippen molar-refractivity contribution in [1.82, 2.24) is 15.2 Å². The molecule has 0 saturated carbocycles. The molecule has 0 aliphatic carbocycles. The van der Waals surface area contributed by atoms with Gasteiger partial charge in [0.2, 0.25) is 0 Å². The number of thioether (sulfide) groups is 1. The second kappa shape index (κ2) is 7.86. The van der Waals surface area contributed by atoms with Gasteiger partial charge in [0.1, 0.15) is 6.10 Å². The largest absolute Gasteiger partial charge is 0.470 e. The number of nitrogens with one attached hydrogen (secondary N) is 1. The van der Waals surface area contributed by atoms with Crippen molar-refractivity contribution in [1.29, 1.82) is 0 Å².